The van der Waals surface area contributed by atoms with Gasteiger partial charge in [0.05, 0.1) is 5.56 Å². The van der Waals surface area contributed by atoms with Gasteiger partial charge in [0.15, 0.2) is 0 Å². The number of carbonyl (C=O) groups is 1. The van der Waals surface area contributed by atoms with Crippen molar-refractivity contribution in [1.82, 2.24) is 9.99 Å². The molecule has 1 heterocycles. The highest BCUT2D eigenvalue weighted by Crippen LogP contribution is 1.92. The number of nitrogens with two attached hydrogens (primary N) is 1. The summed E-state index contributed by atoms with van der Waals surface area (Å²) in [5, 5.41) is 0. The van der Waals surface area contributed by atoms with Crippen LogP contribution in [0.3, 0.4) is 0 Å². The van der Waals surface area contributed by atoms with Gasteiger partial charge in [-0.25, -0.2) is 5.84 Å². The Hall–Kier alpha value is -1.62. The highest BCUT2D eigenvalue weighted by atomic mass is 16.2. The van der Waals surface area contributed by atoms with Crippen molar-refractivity contribution in [3.05, 3.63) is 34.2 Å². The molecule has 0 unspecified atom stereocenters. The number of aryl methyl sites for hydroxylation is 1. The Balaban J connectivity index is 3.13. The van der Waals surface area contributed by atoms with Crippen LogP contribution >= 0.6 is 0 Å². The molecule has 0 spiro atoms. The number of pyridine rings is 1. The molecule has 1 aromatic rings. The van der Waals surface area contributed by atoms with Gasteiger partial charge in [0.2, 0.25) is 5.56 Å². The van der Waals surface area contributed by atoms with E-state index in [9.17, 15) is 9.59 Å². The van der Waals surface area contributed by atoms with Crippen LogP contribution in [0.1, 0.15) is 10.4 Å². The maximum Gasteiger partial charge on any atom is 0.266 e. The summed E-state index contributed by atoms with van der Waals surface area (Å²) in [5.41, 5.74) is 2.17. The SMILES string of the molecule is Cn1cc(C(=O)NN)ccc1=O. The molecule has 1 amide bonds. The lowest BCUT2D eigenvalue weighted by molar-refractivity contribution is 0.0953. The van der Waals surface area contributed by atoms with Crippen LogP contribution in [0.5, 0.6) is 0 Å². The maximum absolute atomic E-state index is 10.9. The first-order valence-corrected chi connectivity index (χ1v) is 3.33. The number of nitrogens with zero attached hydrogens (tertiary/aromatic N) is 1. The minimum Gasteiger partial charge on any atom is -0.318 e. The lowest BCUT2D eigenvalue weighted by Gasteiger charge is -2.00. The lowest BCUT2D eigenvalue weighted by Crippen LogP contribution is -2.31. The molecule has 1 aromatic heterocycles. The van der Waals surface area contributed by atoms with Crippen molar-refractivity contribution >= 4 is 5.91 Å². The third-order valence-electron chi connectivity index (χ3n) is 1.48. The van der Waals surface area contributed by atoms with Gasteiger partial charge >= 0.3 is 0 Å². The summed E-state index contributed by atoms with van der Waals surface area (Å²) >= 11 is 0. The number of amides is 1. The first-order chi connectivity index (χ1) is 5.65. The van der Waals surface area contributed by atoms with E-state index in [1.807, 2.05) is 5.43 Å². The van der Waals surface area contributed by atoms with Crippen LogP contribution < -0.4 is 16.8 Å². The molecule has 5 heteroatoms. The molecule has 3 N–H and O–H groups in total. The van der Waals surface area contributed by atoms with Crippen molar-refractivity contribution in [2.45, 2.75) is 0 Å². The molecule has 0 aliphatic heterocycles. The standard InChI is InChI=1S/C7H9N3O2/c1-10-4-5(7(12)9-8)2-3-6(10)11/h2-4H,8H2,1H3,(H,9,12). The van der Waals surface area contributed by atoms with Gasteiger partial charge in [-0.1, -0.05) is 0 Å². The van der Waals surface area contributed by atoms with E-state index in [0.717, 1.165) is 0 Å². The molecule has 0 saturated carbocycles. The third-order valence-corrected chi connectivity index (χ3v) is 1.48. The van der Waals surface area contributed by atoms with Crippen molar-refractivity contribution in [3.63, 3.8) is 0 Å². The van der Waals surface area contributed by atoms with Crippen LogP contribution in [0.25, 0.3) is 0 Å². The number of aromatic nitrogens is 1. The maximum atomic E-state index is 10.9. The van der Waals surface area contributed by atoms with Crippen molar-refractivity contribution in [1.29, 1.82) is 0 Å². The van der Waals surface area contributed by atoms with E-state index in [1.165, 1.54) is 22.9 Å². The average Bonchev–Trinajstić information content (AvgIpc) is 2.08. The molecule has 12 heavy (non-hydrogen) atoms. The number of hydrogen-bond acceptors (Lipinski definition) is 3. The summed E-state index contributed by atoms with van der Waals surface area (Å²) in [5.74, 6) is 4.49. The molecule has 5 nitrogen and oxygen atoms in total. The summed E-state index contributed by atoms with van der Waals surface area (Å²) < 4.78 is 1.31. The molecule has 0 saturated heterocycles. The van der Waals surface area contributed by atoms with Gasteiger partial charge in [-0.05, 0) is 6.07 Å². The second-order valence-corrected chi connectivity index (χ2v) is 2.34. The van der Waals surface area contributed by atoms with E-state index in [2.05, 4.69) is 0 Å². The average molecular weight is 167 g/mol. The second-order valence-electron chi connectivity index (χ2n) is 2.34. The van der Waals surface area contributed by atoms with Gasteiger partial charge in [-0.15, -0.1) is 0 Å². The van der Waals surface area contributed by atoms with Crippen molar-refractivity contribution in [2.24, 2.45) is 12.9 Å². The van der Waals surface area contributed by atoms with E-state index in [-0.39, 0.29) is 5.56 Å². The first kappa shape index (κ1) is 8.48. The molecule has 0 aliphatic carbocycles. The Labute approximate surface area is 68.8 Å². The molecule has 0 atom stereocenters. The summed E-state index contributed by atoms with van der Waals surface area (Å²) in [7, 11) is 1.57. The number of rotatable bonds is 1. The molecule has 1 rings (SSSR count). The van der Waals surface area contributed by atoms with Gasteiger partial charge in [0.25, 0.3) is 5.91 Å². The Morgan fingerprint density at radius 1 is 1.58 bits per heavy atom. The lowest BCUT2D eigenvalue weighted by atomic mass is 10.3. The summed E-state index contributed by atoms with van der Waals surface area (Å²) in [6.45, 7) is 0. The quantitative estimate of drug-likeness (QED) is 0.319. The highest BCUT2D eigenvalue weighted by molar-refractivity contribution is 5.93. The summed E-state index contributed by atoms with van der Waals surface area (Å²) in [4.78, 5) is 21.8. The highest BCUT2D eigenvalue weighted by Gasteiger charge is 2.02. The largest absolute Gasteiger partial charge is 0.318 e. The van der Waals surface area contributed by atoms with Crippen molar-refractivity contribution in [2.75, 3.05) is 0 Å². The van der Waals surface area contributed by atoms with Crippen LogP contribution in [0.4, 0.5) is 0 Å². The van der Waals surface area contributed by atoms with Crippen LogP contribution in [0.15, 0.2) is 23.1 Å². The fourth-order valence-electron chi connectivity index (χ4n) is 0.812. The Bertz CT molecular complexity index is 356. The van der Waals surface area contributed by atoms with E-state index in [4.69, 9.17) is 5.84 Å². The Morgan fingerprint density at radius 3 is 2.75 bits per heavy atom. The second kappa shape index (κ2) is 3.19. The summed E-state index contributed by atoms with van der Waals surface area (Å²) in [6, 6.07) is 2.73. The van der Waals surface area contributed by atoms with Gasteiger partial charge in [0, 0.05) is 19.3 Å². The van der Waals surface area contributed by atoms with Gasteiger partial charge in [0.1, 0.15) is 0 Å². The first-order valence-electron chi connectivity index (χ1n) is 3.33. The zero-order valence-corrected chi connectivity index (χ0v) is 6.57. The molecular formula is C7H9N3O2. The van der Waals surface area contributed by atoms with Crippen LogP contribution in [0, 0.1) is 0 Å². The number of carbonyl (C=O) groups excluding carboxylic acids is 1. The molecule has 64 valence electrons. The molecule has 0 bridgehead atoms. The number of nitrogens with one attached hydrogen (secondary N) is 1. The van der Waals surface area contributed by atoms with E-state index >= 15 is 0 Å². The van der Waals surface area contributed by atoms with Crippen molar-refractivity contribution in [3.8, 4) is 0 Å². The number of hydrazine groups is 1. The van der Waals surface area contributed by atoms with Crippen molar-refractivity contribution < 1.29 is 4.79 Å². The fraction of sp³-hybridized carbons (Fsp3) is 0.143. The molecule has 0 aromatic carbocycles. The van der Waals surface area contributed by atoms with Gasteiger partial charge < -0.3 is 4.57 Å². The Morgan fingerprint density at radius 2 is 2.25 bits per heavy atom. The zero-order valence-electron chi connectivity index (χ0n) is 6.57. The Kier molecular flexibility index (Phi) is 2.25. The molecule has 0 fully saturated rings. The van der Waals surface area contributed by atoms with Crippen LogP contribution in [-0.4, -0.2) is 10.5 Å². The van der Waals surface area contributed by atoms with Crippen LogP contribution in [-0.2, 0) is 7.05 Å². The van der Waals surface area contributed by atoms with E-state index in [0.29, 0.717) is 5.56 Å². The van der Waals surface area contributed by atoms with E-state index in [1.54, 1.807) is 7.05 Å². The predicted octanol–water partition coefficient (Wildman–Crippen LogP) is -1.01. The van der Waals surface area contributed by atoms with Crippen LogP contribution in [0.2, 0.25) is 0 Å². The third kappa shape index (κ3) is 1.51. The molecule has 0 aliphatic rings. The zero-order chi connectivity index (χ0) is 9.14. The minimum absolute atomic E-state index is 0.163. The van der Waals surface area contributed by atoms with Gasteiger partial charge in [-0.3, -0.25) is 15.0 Å². The topological polar surface area (TPSA) is 77.1 Å². The van der Waals surface area contributed by atoms with E-state index < -0.39 is 5.91 Å². The fourth-order valence-corrected chi connectivity index (χ4v) is 0.812. The predicted molar refractivity (Wildman–Crippen MR) is 43.3 cm³/mol. The monoisotopic (exact) mass is 167 g/mol. The molecular weight excluding hydrogens is 158 g/mol. The normalized spacial score (nSPS) is 9.50. The van der Waals surface area contributed by atoms with Gasteiger partial charge in [-0.2, -0.15) is 0 Å². The minimum atomic E-state index is -0.411. The summed E-state index contributed by atoms with van der Waals surface area (Å²) in [6.07, 6.45) is 1.42. The molecule has 0 radical (unpaired) electrons. The number of nitrogen functional groups attached to an aromatic ring is 1. The number of hydrogen-bond donors (Lipinski definition) is 2. The smallest absolute Gasteiger partial charge is 0.266 e.